The number of nitrogens with one attached hydrogen (secondary N) is 2. The summed E-state index contributed by atoms with van der Waals surface area (Å²) in [6, 6.07) is 25.6. The fraction of sp³-hybridized carbons (Fsp3) is 0.0714. The van der Waals surface area contributed by atoms with E-state index in [1.807, 2.05) is 50.2 Å². The number of aryl methyl sites for hydroxylation is 2. The van der Waals surface area contributed by atoms with Crippen LogP contribution >= 0.6 is 45.2 Å². The Bertz CT molecular complexity index is 1280. The predicted octanol–water partition coefficient (Wildman–Crippen LogP) is 7.81. The number of hydrogen-bond donors (Lipinski definition) is 2. The molecule has 176 valence electrons. The van der Waals surface area contributed by atoms with Crippen LogP contribution in [0.2, 0.25) is 0 Å². The van der Waals surface area contributed by atoms with Gasteiger partial charge in [0.25, 0.3) is 11.8 Å². The highest BCUT2D eigenvalue weighted by Crippen LogP contribution is 2.25. The highest BCUT2D eigenvalue weighted by atomic mass is 127. The molecule has 0 atom stereocenters. The first-order valence-electron chi connectivity index (χ1n) is 10.8. The number of amides is 2. The highest BCUT2D eigenvalue weighted by Gasteiger charge is 2.09. The minimum Gasteiger partial charge on any atom is -0.457 e. The fourth-order valence-electron chi connectivity index (χ4n) is 3.22. The van der Waals surface area contributed by atoms with E-state index >= 15 is 0 Å². The Morgan fingerprint density at radius 1 is 0.600 bits per heavy atom. The molecule has 0 heterocycles. The van der Waals surface area contributed by atoms with E-state index in [-0.39, 0.29) is 11.8 Å². The Morgan fingerprint density at radius 2 is 0.971 bits per heavy atom. The van der Waals surface area contributed by atoms with Crippen molar-refractivity contribution in [3.8, 4) is 11.5 Å². The first-order chi connectivity index (χ1) is 16.8. The third-order valence-electron chi connectivity index (χ3n) is 5.33. The monoisotopic (exact) mass is 688 g/mol. The second-order valence-corrected chi connectivity index (χ2v) is 10.3. The summed E-state index contributed by atoms with van der Waals surface area (Å²) in [5.41, 5.74) is 4.87. The lowest BCUT2D eigenvalue weighted by atomic mass is 10.1. The van der Waals surface area contributed by atoms with Crippen molar-refractivity contribution in [1.29, 1.82) is 0 Å². The van der Waals surface area contributed by atoms with Crippen molar-refractivity contribution in [2.75, 3.05) is 10.6 Å². The third kappa shape index (κ3) is 6.61. The van der Waals surface area contributed by atoms with E-state index in [0.29, 0.717) is 34.0 Å². The van der Waals surface area contributed by atoms with Gasteiger partial charge in [-0.1, -0.05) is 12.1 Å². The van der Waals surface area contributed by atoms with Crippen LogP contribution in [0.1, 0.15) is 31.8 Å². The van der Waals surface area contributed by atoms with Crippen LogP contribution in [-0.2, 0) is 0 Å². The Labute approximate surface area is 231 Å². The van der Waals surface area contributed by atoms with Crippen molar-refractivity contribution in [1.82, 2.24) is 0 Å². The number of ether oxygens (including phenoxy) is 1. The van der Waals surface area contributed by atoms with Crippen molar-refractivity contribution in [2.45, 2.75) is 13.8 Å². The van der Waals surface area contributed by atoms with Gasteiger partial charge < -0.3 is 15.4 Å². The quantitative estimate of drug-likeness (QED) is 0.203. The Balaban J connectivity index is 1.34. The summed E-state index contributed by atoms with van der Waals surface area (Å²) in [6.45, 7) is 4.02. The molecule has 4 aromatic rings. The van der Waals surface area contributed by atoms with Crippen molar-refractivity contribution in [2.24, 2.45) is 0 Å². The predicted molar refractivity (Wildman–Crippen MR) is 157 cm³/mol. The fourth-order valence-corrected chi connectivity index (χ4v) is 4.25. The maximum absolute atomic E-state index is 12.5. The molecule has 0 aliphatic carbocycles. The number of anilines is 2. The molecule has 2 N–H and O–H groups in total. The highest BCUT2D eigenvalue weighted by molar-refractivity contribution is 14.1. The molecule has 0 bridgehead atoms. The molecule has 0 saturated heterocycles. The smallest absolute Gasteiger partial charge is 0.255 e. The number of rotatable bonds is 6. The summed E-state index contributed by atoms with van der Waals surface area (Å²) in [5, 5.41) is 5.81. The molecular formula is C28H22I2N2O3. The molecule has 0 aliphatic heterocycles. The zero-order chi connectivity index (χ0) is 24.9. The summed E-state index contributed by atoms with van der Waals surface area (Å²) in [5.74, 6) is 0.960. The van der Waals surface area contributed by atoms with Crippen LogP contribution in [-0.4, -0.2) is 11.8 Å². The van der Waals surface area contributed by atoms with Gasteiger partial charge in [0.05, 0.1) is 0 Å². The van der Waals surface area contributed by atoms with Crippen LogP contribution in [0.25, 0.3) is 0 Å². The minimum absolute atomic E-state index is 0.158. The minimum atomic E-state index is -0.158. The third-order valence-corrected chi connectivity index (χ3v) is 7.65. The topological polar surface area (TPSA) is 67.4 Å². The standard InChI is InChI=1S/C28H22I2N2O3/c1-17-3-5-19(15-25(17)29)27(33)31-21-7-11-23(12-8-21)35-24-13-9-22(10-14-24)32-28(34)20-6-4-18(2)26(30)16-20/h3-16H,1-2H3,(H,31,33)(H,32,34). The van der Waals surface area contributed by atoms with Crippen LogP contribution < -0.4 is 15.4 Å². The van der Waals surface area contributed by atoms with E-state index in [1.54, 1.807) is 48.5 Å². The number of benzene rings is 4. The summed E-state index contributed by atoms with van der Waals surface area (Å²) in [7, 11) is 0. The van der Waals surface area contributed by atoms with Gasteiger partial charge >= 0.3 is 0 Å². The molecule has 0 spiro atoms. The van der Waals surface area contributed by atoms with E-state index in [9.17, 15) is 9.59 Å². The Hall–Kier alpha value is -2.92. The van der Waals surface area contributed by atoms with Crippen LogP contribution in [0.5, 0.6) is 11.5 Å². The lowest BCUT2D eigenvalue weighted by Gasteiger charge is -2.10. The molecule has 0 aliphatic rings. The lowest BCUT2D eigenvalue weighted by Crippen LogP contribution is -2.12. The number of halogens is 2. The summed E-state index contributed by atoms with van der Waals surface area (Å²) >= 11 is 4.45. The molecule has 5 nitrogen and oxygen atoms in total. The average molecular weight is 688 g/mol. The molecule has 0 unspecified atom stereocenters. The van der Waals surface area contributed by atoms with Crippen molar-refractivity contribution < 1.29 is 14.3 Å². The van der Waals surface area contributed by atoms with Gasteiger partial charge in [-0.25, -0.2) is 0 Å². The van der Waals surface area contributed by atoms with E-state index in [1.165, 1.54) is 0 Å². The van der Waals surface area contributed by atoms with E-state index in [0.717, 1.165) is 18.3 Å². The summed E-state index contributed by atoms with van der Waals surface area (Å²) in [4.78, 5) is 25.0. The van der Waals surface area contributed by atoms with Gasteiger partial charge in [0, 0.05) is 29.6 Å². The van der Waals surface area contributed by atoms with E-state index in [4.69, 9.17) is 4.74 Å². The molecule has 2 amide bonds. The summed E-state index contributed by atoms with van der Waals surface area (Å²) < 4.78 is 8.00. The Morgan fingerprint density at radius 3 is 1.31 bits per heavy atom. The van der Waals surface area contributed by atoms with Gasteiger partial charge in [0.15, 0.2) is 0 Å². The molecule has 0 aromatic heterocycles. The molecule has 4 rings (SSSR count). The van der Waals surface area contributed by atoms with E-state index in [2.05, 4.69) is 55.8 Å². The molecule has 0 radical (unpaired) electrons. The van der Waals surface area contributed by atoms with Crippen LogP contribution in [0.4, 0.5) is 11.4 Å². The first-order valence-corrected chi connectivity index (χ1v) is 13.0. The zero-order valence-corrected chi connectivity index (χ0v) is 23.4. The molecule has 4 aromatic carbocycles. The summed E-state index contributed by atoms with van der Waals surface area (Å²) in [6.07, 6.45) is 0. The van der Waals surface area contributed by atoms with Crippen LogP contribution in [0.3, 0.4) is 0 Å². The van der Waals surface area contributed by atoms with Gasteiger partial charge in [-0.3, -0.25) is 9.59 Å². The first kappa shape index (κ1) is 25.2. The van der Waals surface area contributed by atoms with Gasteiger partial charge in [0.2, 0.25) is 0 Å². The number of carbonyl (C=O) groups is 2. The second-order valence-electron chi connectivity index (χ2n) is 7.99. The average Bonchev–Trinajstić information content (AvgIpc) is 2.85. The normalized spacial score (nSPS) is 10.5. The van der Waals surface area contributed by atoms with Crippen molar-refractivity contribution in [3.63, 3.8) is 0 Å². The lowest BCUT2D eigenvalue weighted by molar-refractivity contribution is 0.101. The van der Waals surface area contributed by atoms with Crippen LogP contribution in [0.15, 0.2) is 84.9 Å². The zero-order valence-electron chi connectivity index (χ0n) is 19.1. The maximum atomic E-state index is 12.5. The van der Waals surface area contributed by atoms with Crippen molar-refractivity contribution >= 4 is 68.4 Å². The molecular weight excluding hydrogens is 666 g/mol. The maximum Gasteiger partial charge on any atom is 0.255 e. The molecule has 0 saturated carbocycles. The molecule has 0 fully saturated rings. The van der Waals surface area contributed by atoms with E-state index < -0.39 is 0 Å². The van der Waals surface area contributed by atoms with Crippen LogP contribution in [0, 0.1) is 21.0 Å². The van der Waals surface area contributed by atoms with Gasteiger partial charge in [-0.05, 0) is 143 Å². The number of carbonyl (C=O) groups excluding carboxylic acids is 2. The van der Waals surface area contributed by atoms with Crippen molar-refractivity contribution in [3.05, 3.63) is 114 Å². The largest absolute Gasteiger partial charge is 0.457 e. The SMILES string of the molecule is Cc1ccc(C(=O)Nc2ccc(Oc3ccc(NC(=O)c4ccc(C)c(I)c4)cc3)cc2)cc1I. The second kappa shape index (κ2) is 11.2. The molecule has 7 heteroatoms. The van der Waals surface area contributed by atoms with Gasteiger partial charge in [0.1, 0.15) is 11.5 Å². The Kier molecular flexibility index (Phi) is 8.07. The van der Waals surface area contributed by atoms with Gasteiger partial charge in [-0.15, -0.1) is 0 Å². The number of hydrogen-bond acceptors (Lipinski definition) is 3. The van der Waals surface area contributed by atoms with Gasteiger partial charge in [-0.2, -0.15) is 0 Å². The molecule has 35 heavy (non-hydrogen) atoms.